The van der Waals surface area contributed by atoms with E-state index in [9.17, 15) is 9.90 Å². The van der Waals surface area contributed by atoms with Gasteiger partial charge in [-0.15, -0.1) is 0 Å². The topological polar surface area (TPSA) is 74.2 Å². The summed E-state index contributed by atoms with van der Waals surface area (Å²) in [5.74, 6) is -0.934. The molecule has 4 rings (SSSR count). The lowest BCUT2D eigenvalue weighted by Gasteiger charge is -2.39. The van der Waals surface area contributed by atoms with Crippen LogP contribution in [0.25, 0.3) is 0 Å². The molecule has 5 heteroatoms. The molecule has 0 saturated heterocycles. The Balaban J connectivity index is 1.67. The Hall–Kier alpha value is -1.62. The van der Waals surface area contributed by atoms with Crippen LogP contribution in [-0.4, -0.2) is 28.1 Å². The first-order valence-electron chi connectivity index (χ1n) is 7.78. The summed E-state index contributed by atoms with van der Waals surface area (Å²) in [5, 5.41) is 16.4. The largest absolute Gasteiger partial charge is 0.477 e. The summed E-state index contributed by atoms with van der Waals surface area (Å²) >= 11 is 0. The first-order chi connectivity index (χ1) is 10.0. The molecule has 0 atom stereocenters. The molecule has 21 heavy (non-hydrogen) atoms. The number of nitrogens with one attached hydrogen (secondary N) is 2. The fourth-order valence-corrected chi connectivity index (χ4v) is 3.53. The van der Waals surface area contributed by atoms with Gasteiger partial charge >= 0.3 is 5.97 Å². The molecule has 0 unspecified atom stereocenters. The molecule has 0 amide bonds. The Morgan fingerprint density at radius 3 is 2.76 bits per heavy atom. The van der Waals surface area contributed by atoms with Crippen LogP contribution >= 0.6 is 0 Å². The molecule has 0 aromatic carbocycles. The van der Waals surface area contributed by atoms with E-state index in [4.69, 9.17) is 0 Å². The quantitative estimate of drug-likeness (QED) is 0.792. The number of fused-ring (bicyclic) bond motifs is 2. The van der Waals surface area contributed by atoms with E-state index in [1.807, 2.05) is 0 Å². The number of nitrogens with zero attached hydrogens (tertiary/aromatic N) is 1. The lowest BCUT2D eigenvalue weighted by molar-refractivity contribution is 0.0690. The van der Waals surface area contributed by atoms with Gasteiger partial charge in [-0.1, -0.05) is 0 Å². The lowest BCUT2D eigenvalue weighted by Crippen LogP contribution is -2.47. The van der Waals surface area contributed by atoms with Crippen molar-refractivity contribution in [1.82, 2.24) is 10.3 Å². The number of hydrogen-bond donors (Lipinski definition) is 3. The van der Waals surface area contributed by atoms with Crippen molar-refractivity contribution in [3.8, 4) is 0 Å². The van der Waals surface area contributed by atoms with Gasteiger partial charge < -0.3 is 15.7 Å². The summed E-state index contributed by atoms with van der Waals surface area (Å²) in [6.07, 6.45) is 5.91. The van der Waals surface area contributed by atoms with E-state index in [1.165, 1.54) is 19.3 Å². The number of aromatic carboxylic acids is 1. The smallest absolute Gasteiger partial charge is 0.354 e. The molecule has 0 bridgehead atoms. The third kappa shape index (κ3) is 2.02. The van der Waals surface area contributed by atoms with Gasteiger partial charge in [0, 0.05) is 24.0 Å². The van der Waals surface area contributed by atoms with E-state index in [2.05, 4.69) is 22.5 Å². The second kappa shape index (κ2) is 4.19. The monoisotopic (exact) mass is 287 g/mol. The number of pyridine rings is 1. The van der Waals surface area contributed by atoms with Crippen LogP contribution in [-0.2, 0) is 12.0 Å². The number of carbonyl (C=O) groups is 1. The van der Waals surface area contributed by atoms with E-state index in [1.54, 1.807) is 6.07 Å². The predicted molar refractivity (Wildman–Crippen MR) is 79.7 cm³/mol. The fourth-order valence-electron chi connectivity index (χ4n) is 3.53. The number of carboxylic acid groups (broad SMARTS) is 1. The van der Waals surface area contributed by atoms with Gasteiger partial charge in [0.15, 0.2) is 0 Å². The molecule has 1 aliphatic heterocycles. The van der Waals surface area contributed by atoms with E-state index in [0.29, 0.717) is 6.54 Å². The standard InChI is InChI=1S/C16H21N3O2/c1-15(3-2-4-15)18-8-10-7-11(14(20)21)19-13-12(10)17-9-16(13)5-6-16/h7,17-18H,2-6,8-9H2,1H3,(H,20,21). The van der Waals surface area contributed by atoms with Gasteiger partial charge in [-0.3, -0.25) is 0 Å². The van der Waals surface area contributed by atoms with Crippen molar-refractivity contribution in [1.29, 1.82) is 0 Å². The Kier molecular flexibility index (Phi) is 2.61. The Morgan fingerprint density at radius 2 is 2.19 bits per heavy atom. The number of rotatable bonds is 4. The molecule has 1 aromatic rings. The highest BCUT2D eigenvalue weighted by Crippen LogP contribution is 2.54. The fraction of sp³-hybridized carbons (Fsp3) is 0.625. The summed E-state index contributed by atoms with van der Waals surface area (Å²) in [4.78, 5) is 15.8. The molecule has 1 spiro atoms. The first-order valence-corrected chi connectivity index (χ1v) is 7.78. The van der Waals surface area contributed by atoms with Gasteiger partial charge in [-0.05, 0) is 50.7 Å². The van der Waals surface area contributed by atoms with Crippen LogP contribution in [0.3, 0.4) is 0 Å². The van der Waals surface area contributed by atoms with Crippen LogP contribution in [0.2, 0.25) is 0 Å². The van der Waals surface area contributed by atoms with Gasteiger partial charge in [0.1, 0.15) is 5.69 Å². The first kappa shape index (κ1) is 13.1. The lowest BCUT2D eigenvalue weighted by atomic mass is 9.78. The van der Waals surface area contributed by atoms with Crippen LogP contribution in [0.15, 0.2) is 6.07 Å². The van der Waals surface area contributed by atoms with Crippen molar-refractivity contribution < 1.29 is 9.90 Å². The third-order valence-corrected chi connectivity index (χ3v) is 5.44. The highest BCUT2D eigenvalue weighted by molar-refractivity contribution is 5.87. The van der Waals surface area contributed by atoms with Crippen molar-refractivity contribution in [2.45, 2.75) is 56.5 Å². The van der Waals surface area contributed by atoms with Gasteiger partial charge in [0.2, 0.25) is 0 Å². The van der Waals surface area contributed by atoms with Crippen LogP contribution in [0, 0.1) is 0 Å². The maximum atomic E-state index is 11.3. The van der Waals surface area contributed by atoms with Crippen LogP contribution in [0.1, 0.15) is 60.8 Å². The van der Waals surface area contributed by atoms with Gasteiger partial charge in [0.05, 0.1) is 11.4 Å². The number of aromatic nitrogens is 1. The van der Waals surface area contributed by atoms with Gasteiger partial charge in [-0.25, -0.2) is 9.78 Å². The second-order valence-electron chi connectivity index (χ2n) is 7.10. The summed E-state index contributed by atoms with van der Waals surface area (Å²) in [7, 11) is 0. The predicted octanol–water partition coefficient (Wildman–Crippen LogP) is 2.27. The zero-order valence-corrected chi connectivity index (χ0v) is 12.3. The van der Waals surface area contributed by atoms with E-state index in [0.717, 1.165) is 36.3 Å². The van der Waals surface area contributed by atoms with Crippen molar-refractivity contribution in [2.75, 3.05) is 11.9 Å². The molecule has 0 radical (unpaired) electrons. The maximum Gasteiger partial charge on any atom is 0.354 e. The zero-order valence-electron chi connectivity index (χ0n) is 12.3. The minimum Gasteiger partial charge on any atom is -0.477 e. The number of anilines is 1. The number of hydrogen-bond acceptors (Lipinski definition) is 4. The van der Waals surface area contributed by atoms with E-state index in [-0.39, 0.29) is 16.6 Å². The van der Waals surface area contributed by atoms with E-state index >= 15 is 0 Å². The molecule has 2 fully saturated rings. The number of carboxylic acids is 1. The summed E-state index contributed by atoms with van der Waals surface area (Å²) < 4.78 is 0. The van der Waals surface area contributed by atoms with Crippen LogP contribution in [0.5, 0.6) is 0 Å². The van der Waals surface area contributed by atoms with Crippen LogP contribution < -0.4 is 10.6 Å². The van der Waals surface area contributed by atoms with Gasteiger partial charge in [0.25, 0.3) is 0 Å². The molecule has 2 heterocycles. The molecular weight excluding hydrogens is 266 g/mol. The molecule has 1 aromatic heterocycles. The maximum absolute atomic E-state index is 11.3. The van der Waals surface area contributed by atoms with E-state index < -0.39 is 5.97 Å². The Morgan fingerprint density at radius 1 is 1.43 bits per heavy atom. The highest BCUT2D eigenvalue weighted by Gasteiger charge is 2.51. The Bertz CT molecular complexity index is 618. The molecule has 2 saturated carbocycles. The molecule has 2 aliphatic carbocycles. The van der Waals surface area contributed by atoms with Crippen molar-refractivity contribution in [3.63, 3.8) is 0 Å². The molecular formula is C16H21N3O2. The average Bonchev–Trinajstić information content (AvgIpc) is 3.11. The minimum absolute atomic E-state index is 0.121. The SMILES string of the molecule is CC1(NCc2cc(C(=O)O)nc3c2NCC32CC2)CCC1. The molecule has 112 valence electrons. The van der Waals surface area contributed by atoms with Crippen LogP contribution in [0.4, 0.5) is 5.69 Å². The van der Waals surface area contributed by atoms with Crippen molar-refractivity contribution >= 4 is 11.7 Å². The highest BCUT2D eigenvalue weighted by atomic mass is 16.4. The van der Waals surface area contributed by atoms with Gasteiger partial charge in [-0.2, -0.15) is 0 Å². The summed E-state index contributed by atoms with van der Waals surface area (Å²) in [6.45, 7) is 3.86. The molecule has 3 aliphatic rings. The normalized spacial score (nSPS) is 23.3. The Labute approximate surface area is 124 Å². The van der Waals surface area contributed by atoms with Crippen molar-refractivity contribution in [2.24, 2.45) is 0 Å². The minimum atomic E-state index is -0.934. The molecule has 3 N–H and O–H groups in total. The summed E-state index contributed by atoms with van der Waals surface area (Å²) in [6, 6.07) is 1.73. The summed E-state index contributed by atoms with van der Waals surface area (Å²) in [5.41, 5.74) is 3.63. The average molecular weight is 287 g/mol. The molecule has 5 nitrogen and oxygen atoms in total. The zero-order chi connectivity index (χ0) is 14.7. The third-order valence-electron chi connectivity index (χ3n) is 5.44. The second-order valence-corrected chi connectivity index (χ2v) is 7.10. The van der Waals surface area contributed by atoms with Crippen molar-refractivity contribution in [3.05, 3.63) is 23.0 Å².